The van der Waals surface area contributed by atoms with E-state index in [1.165, 1.54) is 4.90 Å². The largest absolute Gasteiger partial charge is 0.475 e. The van der Waals surface area contributed by atoms with Crippen molar-refractivity contribution in [1.29, 1.82) is 0 Å². The summed E-state index contributed by atoms with van der Waals surface area (Å²) in [5.74, 6) is -1.69. The second-order valence-electron chi connectivity index (χ2n) is 5.99. The molecule has 0 aliphatic carbocycles. The maximum Gasteiger partial charge on any atom is 0.475 e. The third-order valence-electron chi connectivity index (χ3n) is 4.23. The molecule has 0 spiro atoms. The van der Waals surface area contributed by atoms with Crippen molar-refractivity contribution >= 4 is 29.7 Å². The second kappa shape index (κ2) is 9.17. The molecule has 0 bridgehead atoms. The maximum absolute atomic E-state index is 12.2. The van der Waals surface area contributed by atoms with Gasteiger partial charge in [0.15, 0.2) is 0 Å². The van der Waals surface area contributed by atoms with Crippen molar-refractivity contribution in [2.75, 3.05) is 13.1 Å². The molecule has 7 heteroatoms. The fourth-order valence-electron chi connectivity index (χ4n) is 2.84. The van der Waals surface area contributed by atoms with Gasteiger partial charge >= 0.3 is 7.12 Å². The summed E-state index contributed by atoms with van der Waals surface area (Å²) in [6, 6.07) is 13.5. The van der Waals surface area contributed by atoms with Gasteiger partial charge in [0.05, 0.1) is 12.5 Å². The molecule has 0 aliphatic heterocycles. The highest BCUT2D eigenvalue weighted by atomic mass is 16.4. The fourth-order valence-corrected chi connectivity index (χ4v) is 2.84. The Morgan fingerprint density at radius 1 is 1.23 bits per heavy atom. The highest BCUT2D eigenvalue weighted by Gasteiger charge is 2.27. The molecule has 0 aromatic heterocycles. The summed E-state index contributed by atoms with van der Waals surface area (Å²) in [6.07, 6.45) is 1.40. The summed E-state index contributed by atoms with van der Waals surface area (Å²) in [6.45, 7) is 5.35. The van der Waals surface area contributed by atoms with Gasteiger partial charge in [-0.1, -0.05) is 49.0 Å². The van der Waals surface area contributed by atoms with E-state index in [2.05, 4.69) is 11.9 Å². The number of likely N-dealkylation sites (N-methyl/N-ethyl adjacent to an activating group) is 1. The predicted molar refractivity (Wildman–Crippen MR) is 102 cm³/mol. The Kier molecular flexibility index (Phi) is 6.94. The van der Waals surface area contributed by atoms with E-state index in [4.69, 9.17) is 0 Å². The Morgan fingerprint density at radius 2 is 1.92 bits per heavy atom. The topological polar surface area (TPSA) is 89.9 Å². The molecule has 3 N–H and O–H groups in total. The quantitative estimate of drug-likeness (QED) is 0.486. The Morgan fingerprint density at radius 3 is 2.58 bits per heavy atom. The van der Waals surface area contributed by atoms with Crippen LogP contribution < -0.4 is 5.32 Å². The SMILES string of the molecule is C=CC(=O)N(CC)CC(=O)N[C@@H](Cc1cccc2ccccc12)B(O)O. The van der Waals surface area contributed by atoms with E-state index in [0.717, 1.165) is 22.4 Å². The zero-order valence-corrected chi connectivity index (χ0v) is 14.8. The van der Waals surface area contributed by atoms with E-state index in [1.807, 2.05) is 42.5 Å². The van der Waals surface area contributed by atoms with Gasteiger partial charge in [-0.15, -0.1) is 0 Å². The number of fused-ring (bicyclic) bond motifs is 1. The number of nitrogens with one attached hydrogen (secondary N) is 1. The number of amides is 2. The van der Waals surface area contributed by atoms with Crippen LogP contribution in [0, 0.1) is 0 Å². The average molecular weight is 354 g/mol. The molecule has 2 aromatic rings. The van der Waals surface area contributed by atoms with Crippen molar-refractivity contribution in [3.8, 4) is 0 Å². The number of nitrogens with zero attached hydrogens (tertiary/aromatic N) is 1. The standard InChI is InChI=1S/C19H23BN2O4/c1-3-19(24)22(4-2)13-18(23)21-17(20(25)26)12-15-10-7-9-14-8-5-6-11-16(14)15/h3,5-11,17,25-26H,1,4,12-13H2,2H3,(H,21,23)/t17-/m0/s1. The van der Waals surface area contributed by atoms with Crippen LogP contribution in [-0.4, -0.2) is 52.9 Å². The van der Waals surface area contributed by atoms with Gasteiger partial charge in [-0.3, -0.25) is 9.59 Å². The van der Waals surface area contributed by atoms with E-state index in [9.17, 15) is 19.6 Å². The van der Waals surface area contributed by atoms with Crippen molar-refractivity contribution < 1.29 is 19.6 Å². The van der Waals surface area contributed by atoms with Crippen LogP contribution in [-0.2, 0) is 16.0 Å². The molecule has 6 nitrogen and oxygen atoms in total. The van der Waals surface area contributed by atoms with Crippen LogP contribution in [0.15, 0.2) is 55.1 Å². The van der Waals surface area contributed by atoms with E-state index < -0.39 is 19.0 Å². The van der Waals surface area contributed by atoms with Gasteiger partial charge in [-0.05, 0) is 35.8 Å². The molecule has 0 saturated carbocycles. The van der Waals surface area contributed by atoms with Crippen LogP contribution in [0.25, 0.3) is 10.8 Å². The van der Waals surface area contributed by atoms with E-state index in [-0.39, 0.29) is 18.9 Å². The number of rotatable bonds is 8. The Bertz CT molecular complexity index is 789. The molecule has 0 aliphatic rings. The third-order valence-corrected chi connectivity index (χ3v) is 4.23. The van der Waals surface area contributed by atoms with Gasteiger partial charge in [-0.25, -0.2) is 0 Å². The molecule has 0 radical (unpaired) electrons. The van der Waals surface area contributed by atoms with Crippen molar-refractivity contribution in [1.82, 2.24) is 10.2 Å². The van der Waals surface area contributed by atoms with Gasteiger partial charge in [0.25, 0.3) is 0 Å². The van der Waals surface area contributed by atoms with Gasteiger partial charge in [0.1, 0.15) is 0 Å². The molecular formula is C19H23BN2O4. The molecule has 0 saturated heterocycles. The van der Waals surface area contributed by atoms with Gasteiger partial charge in [0.2, 0.25) is 11.8 Å². The number of carbonyl (C=O) groups excluding carboxylic acids is 2. The fraction of sp³-hybridized carbons (Fsp3) is 0.263. The van der Waals surface area contributed by atoms with Crippen LogP contribution in [0.1, 0.15) is 12.5 Å². The number of benzene rings is 2. The Labute approximate surface area is 153 Å². The Hall–Kier alpha value is -2.64. The summed E-state index contributed by atoms with van der Waals surface area (Å²) >= 11 is 0. The predicted octanol–water partition coefficient (Wildman–Crippen LogP) is 0.914. The number of hydrogen-bond donors (Lipinski definition) is 3. The minimum atomic E-state index is -1.72. The van der Waals surface area contributed by atoms with E-state index >= 15 is 0 Å². The lowest BCUT2D eigenvalue weighted by Crippen LogP contribution is -2.51. The minimum Gasteiger partial charge on any atom is -0.426 e. The minimum absolute atomic E-state index is 0.167. The summed E-state index contributed by atoms with van der Waals surface area (Å²) in [5, 5.41) is 24.0. The molecule has 2 aromatic carbocycles. The van der Waals surface area contributed by atoms with Crippen LogP contribution in [0.4, 0.5) is 0 Å². The van der Waals surface area contributed by atoms with Crippen LogP contribution in [0.5, 0.6) is 0 Å². The first-order valence-electron chi connectivity index (χ1n) is 8.49. The van der Waals surface area contributed by atoms with Crippen molar-refractivity contribution in [3.63, 3.8) is 0 Å². The van der Waals surface area contributed by atoms with Crippen molar-refractivity contribution in [3.05, 3.63) is 60.7 Å². The summed E-state index contributed by atoms with van der Waals surface area (Å²) < 4.78 is 0. The molecule has 26 heavy (non-hydrogen) atoms. The highest BCUT2D eigenvalue weighted by molar-refractivity contribution is 6.43. The average Bonchev–Trinajstić information content (AvgIpc) is 2.65. The lowest BCUT2D eigenvalue weighted by atomic mass is 9.75. The van der Waals surface area contributed by atoms with Gasteiger partial charge in [-0.2, -0.15) is 0 Å². The van der Waals surface area contributed by atoms with Crippen LogP contribution in [0.2, 0.25) is 0 Å². The molecule has 2 amide bonds. The molecule has 1 atom stereocenters. The third kappa shape index (κ3) is 4.94. The van der Waals surface area contributed by atoms with Crippen molar-refractivity contribution in [2.45, 2.75) is 19.3 Å². The van der Waals surface area contributed by atoms with Crippen LogP contribution in [0.3, 0.4) is 0 Å². The van der Waals surface area contributed by atoms with Gasteiger partial charge < -0.3 is 20.3 Å². The maximum atomic E-state index is 12.2. The van der Waals surface area contributed by atoms with Crippen LogP contribution >= 0.6 is 0 Å². The van der Waals surface area contributed by atoms with E-state index in [1.54, 1.807) is 6.92 Å². The molecule has 0 heterocycles. The number of hydrogen-bond acceptors (Lipinski definition) is 4. The molecule has 0 fully saturated rings. The summed E-state index contributed by atoms with van der Waals surface area (Å²) in [4.78, 5) is 25.2. The first-order valence-corrected chi connectivity index (χ1v) is 8.49. The molecular weight excluding hydrogens is 331 g/mol. The molecule has 136 valence electrons. The zero-order chi connectivity index (χ0) is 19.1. The lowest BCUT2D eigenvalue weighted by molar-refractivity contribution is -0.132. The van der Waals surface area contributed by atoms with Gasteiger partial charge in [0, 0.05) is 6.54 Å². The highest BCUT2D eigenvalue weighted by Crippen LogP contribution is 2.20. The smallest absolute Gasteiger partial charge is 0.426 e. The Balaban J connectivity index is 2.12. The zero-order valence-electron chi connectivity index (χ0n) is 14.8. The summed E-state index contributed by atoms with van der Waals surface area (Å²) in [7, 11) is -1.72. The second-order valence-corrected chi connectivity index (χ2v) is 5.99. The first kappa shape index (κ1) is 19.7. The lowest BCUT2D eigenvalue weighted by Gasteiger charge is -2.22. The molecule has 2 rings (SSSR count). The number of carbonyl (C=O) groups is 2. The van der Waals surface area contributed by atoms with E-state index in [0.29, 0.717) is 6.54 Å². The first-order chi connectivity index (χ1) is 12.5. The summed E-state index contributed by atoms with van der Waals surface area (Å²) in [5.41, 5.74) is 0.899. The van der Waals surface area contributed by atoms with Crippen molar-refractivity contribution in [2.24, 2.45) is 0 Å². The molecule has 0 unspecified atom stereocenters. The normalized spacial score (nSPS) is 11.7. The monoisotopic (exact) mass is 354 g/mol.